The van der Waals surface area contributed by atoms with Gasteiger partial charge >= 0.3 is 5.97 Å². The summed E-state index contributed by atoms with van der Waals surface area (Å²) in [6.07, 6.45) is 7.53. The van der Waals surface area contributed by atoms with Gasteiger partial charge in [-0.05, 0) is 30.0 Å². The van der Waals surface area contributed by atoms with Crippen LogP contribution in [0.1, 0.15) is 62.2 Å². The molecule has 2 aromatic carbocycles. The van der Waals surface area contributed by atoms with Crippen molar-refractivity contribution >= 4 is 17.6 Å². The Bertz CT molecular complexity index is 1050. The number of nitrogens with zero attached hydrogens (tertiary/aromatic N) is 2. The second-order valence-corrected chi connectivity index (χ2v) is 9.33. The fourth-order valence-corrected chi connectivity index (χ4v) is 4.67. The molecular formula is C28H36ClN3O2. The maximum absolute atomic E-state index is 12.4. The van der Waals surface area contributed by atoms with E-state index in [2.05, 4.69) is 16.8 Å². The van der Waals surface area contributed by atoms with Gasteiger partial charge in [0.1, 0.15) is 11.4 Å². The van der Waals surface area contributed by atoms with Crippen LogP contribution in [-0.2, 0) is 30.6 Å². The van der Waals surface area contributed by atoms with E-state index in [1.807, 2.05) is 67.7 Å². The van der Waals surface area contributed by atoms with E-state index in [4.69, 9.17) is 16.6 Å². The third-order valence-electron chi connectivity index (χ3n) is 6.34. The molecule has 3 rings (SSSR count). The molecule has 1 aromatic heterocycles. The zero-order valence-corrected chi connectivity index (χ0v) is 21.0. The summed E-state index contributed by atoms with van der Waals surface area (Å²) < 4.78 is 2.25. The predicted octanol–water partition coefficient (Wildman–Crippen LogP) is 5.93. The molecule has 182 valence electrons. The normalized spacial score (nSPS) is 13.0. The number of benzene rings is 2. The predicted molar refractivity (Wildman–Crippen MR) is 139 cm³/mol. The van der Waals surface area contributed by atoms with Gasteiger partial charge in [-0.2, -0.15) is 0 Å². The summed E-state index contributed by atoms with van der Waals surface area (Å²) in [5.74, 6) is 0.255. The minimum Gasteiger partial charge on any atom is -0.480 e. The number of hydrogen-bond donors (Lipinski definition) is 2. The molecule has 0 radical (unpaired) electrons. The second-order valence-electron chi connectivity index (χ2n) is 8.92. The second kappa shape index (κ2) is 12.7. The number of carbonyl (C=O) groups is 1. The van der Waals surface area contributed by atoms with E-state index in [-0.39, 0.29) is 0 Å². The molecule has 0 unspecified atom stereocenters. The molecule has 1 atom stereocenters. The molecule has 2 N–H and O–H groups in total. The van der Waals surface area contributed by atoms with Crippen molar-refractivity contribution in [3.05, 3.63) is 88.5 Å². The van der Waals surface area contributed by atoms with Crippen LogP contribution in [0.25, 0.3) is 0 Å². The Balaban J connectivity index is 1.79. The van der Waals surface area contributed by atoms with Gasteiger partial charge in [-0.15, -0.1) is 0 Å². The summed E-state index contributed by atoms with van der Waals surface area (Å²) in [6, 6.07) is 17.8. The van der Waals surface area contributed by atoms with Gasteiger partial charge in [0.25, 0.3) is 0 Å². The van der Waals surface area contributed by atoms with Crippen molar-refractivity contribution in [1.29, 1.82) is 0 Å². The first-order chi connectivity index (χ1) is 16.5. The van der Waals surface area contributed by atoms with Gasteiger partial charge < -0.3 is 15.0 Å². The number of aromatic nitrogens is 2. The number of imidazole rings is 1. The number of carboxylic acid groups (broad SMARTS) is 1. The van der Waals surface area contributed by atoms with Crippen molar-refractivity contribution in [3.63, 3.8) is 0 Å². The number of rotatable bonds is 14. The highest BCUT2D eigenvalue weighted by Crippen LogP contribution is 2.22. The Morgan fingerprint density at radius 1 is 1.06 bits per heavy atom. The molecule has 1 heterocycles. The van der Waals surface area contributed by atoms with Crippen molar-refractivity contribution in [2.75, 3.05) is 6.54 Å². The first kappa shape index (κ1) is 26.0. The van der Waals surface area contributed by atoms with Crippen LogP contribution in [0.3, 0.4) is 0 Å². The molecule has 34 heavy (non-hydrogen) atoms. The first-order valence-corrected chi connectivity index (χ1v) is 12.7. The highest BCUT2D eigenvalue weighted by Gasteiger charge is 2.37. The lowest BCUT2D eigenvalue weighted by atomic mass is 9.86. The van der Waals surface area contributed by atoms with Gasteiger partial charge in [0.2, 0.25) is 0 Å². The Morgan fingerprint density at radius 3 is 2.47 bits per heavy atom. The summed E-state index contributed by atoms with van der Waals surface area (Å²) in [6.45, 7) is 5.43. The molecule has 6 heteroatoms. The average molecular weight is 482 g/mol. The van der Waals surface area contributed by atoms with Crippen LogP contribution in [0.4, 0.5) is 0 Å². The fourth-order valence-electron chi connectivity index (χ4n) is 4.48. The third-order valence-corrected chi connectivity index (χ3v) is 6.71. The molecule has 0 aliphatic rings. The standard InChI is InChI=1S/C28H36ClN3O2/c1-3-5-15-26-30-20-24(32(26)21-23-13-9-10-14-25(23)29)16-18-31-28(17-4-2,27(33)34)19-22-11-7-6-8-12-22/h6-14,20,31H,3-5,15-19,21H2,1-2H3,(H,33,34)/t28-/m0/s1. The van der Waals surface area contributed by atoms with Crippen molar-refractivity contribution in [3.8, 4) is 0 Å². The van der Waals surface area contributed by atoms with Crippen LogP contribution >= 0.6 is 11.6 Å². The van der Waals surface area contributed by atoms with Crippen molar-refractivity contribution in [2.45, 2.75) is 70.9 Å². The van der Waals surface area contributed by atoms with Crippen LogP contribution in [0.15, 0.2) is 60.8 Å². The fraction of sp³-hybridized carbons (Fsp3) is 0.429. The molecule has 0 amide bonds. The lowest BCUT2D eigenvalue weighted by Gasteiger charge is -2.31. The number of aliphatic carboxylic acids is 1. The van der Waals surface area contributed by atoms with Crippen molar-refractivity contribution in [2.24, 2.45) is 0 Å². The Morgan fingerprint density at radius 2 is 1.79 bits per heavy atom. The Labute approximate surface area is 208 Å². The lowest BCUT2D eigenvalue weighted by Crippen LogP contribution is -2.54. The molecule has 0 saturated heterocycles. The summed E-state index contributed by atoms with van der Waals surface area (Å²) in [5.41, 5.74) is 2.18. The number of unbranched alkanes of at least 4 members (excludes halogenated alkanes) is 1. The Hall–Kier alpha value is -2.63. The van der Waals surface area contributed by atoms with Gasteiger partial charge in [0.05, 0.1) is 6.54 Å². The minimum atomic E-state index is -0.991. The van der Waals surface area contributed by atoms with Gasteiger partial charge in [-0.1, -0.05) is 86.8 Å². The van der Waals surface area contributed by atoms with Crippen molar-refractivity contribution < 1.29 is 9.90 Å². The van der Waals surface area contributed by atoms with E-state index in [0.717, 1.165) is 53.4 Å². The molecule has 3 aromatic rings. The van der Waals surface area contributed by atoms with Crippen LogP contribution in [0.2, 0.25) is 5.02 Å². The van der Waals surface area contributed by atoms with Crippen LogP contribution in [0, 0.1) is 0 Å². The molecule has 0 aliphatic heterocycles. The Kier molecular flexibility index (Phi) is 9.73. The van der Waals surface area contributed by atoms with E-state index in [9.17, 15) is 9.90 Å². The van der Waals surface area contributed by atoms with Crippen molar-refractivity contribution in [1.82, 2.24) is 14.9 Å². The van der Waals surface area contributed by atoms with Crippen LogP contribution < -0.4 is 5.32 Å². The quantitative estimate of drug-likeness (QED) is 0.299. The zero-order chi connectivity index (χ0) is 24.4. The molecule has 0 aliphatic carbocycles. The number of aryl methyl sites for hydroxylation is 1. The maximum atomic E-state index is 12.4. The highest BCUT2D eigenvalue weighted by molar-refractivity contribution is 6.31. The molecule has 0 bridgehead atoms. The van der Waals surface area contributed by atoms with Crippen LogP contribution in [0.5, 0.6) is 0 Å². The van der Waals surface area contributed by atoms with E-state index < -0.39 is 11.5 Å². The van der Waals surface area contributed by atoms with Gasteiger partial charge in [-0.25, -0.2) is 4.98 Å². The first-order valence-electron chi connectivity index (χ1n) is 12.3. The van der Waals surface area contributed by atoms with E-state index >= 15 is 0 Å². The molecular weight excluding hydrogens is 446 g/mol. The minimum absolute atomic E-state index is 0.456. The highest BCUT2D eigenvalue weighted by atomic mass is 35.5. The zero-order valence-electron chi connectivity index (χ0n) is 20.3. The van der Waals surface area contributed by atoms with E-state index in [0.29, 0.717) is 32.4 Å². The number of halogens is 1. The van der Waals surface area contributed by atoms with E-state index in [1.165, 1.54) is 0 Å². The SMILES string of the molecule is CCCCc1ncc(CCN[C@@](CCC)(Cc2ccccc2)C(=O)O)n1Cc1ccccc1Cl. The topological polar surface area (TPSA) is 67.2 Å². The summed E-state index contributed by atoms with van der Waals surface area (Å²) in [4.78, 5) is 17.1. The lowest BCUT2D eigenvalue weighted by molar-refractivity contribution is -0.145. The van der Waals surface area contributed by atoms with Gasteiger partial charge in [0.15, 0.2) is 0 Å². The molecule has 5 nitrogen and oxygen atoms in total. The summed E-state index contributed by atoms with van der Waals surface area (Å²) >= 11 is 6.45. The van der Waals surface area contributed by atoms with Gasteiger partial charge in [-0.3, -0.25) is 4.79 Å². The largest absolute Gasteiger partial charge is 0.480 e. The van der Waals surface area contributed by atoms with E-state index in [1.54, 1.807) is 0 Å². The van der Waals surface area contributed by atoms with Gasteiger partial charge in [0, 0.05) is 42.7 Å². The molecule has 0 spiro atoms. The molecule has 0 fully saturated rings. The third kappa shape index (κ3) is 6.71. The number of hydrogen-bond acceptors (Lipinski definition) is 3. The monoisotopic (exact) mass is 481 g/mol. The maximum Gasteiger partial charge on any atom is 0.324 e. The molecule has 0 saturated carbocycles. The summed E-state index contributed by atoms with van der Waals surface area (Å²) in [5, 5.41) is 14.4. The number of carboxylic acids is 1. The average Bonchev–Trinajstić information content (AvgIpc) is 3.21. The summed E-state index contributed by atoms with van der Waals surface area (Å²) in [7, 11) is 0. The number of nitrogens with one attached hydrogen (secondary N) is 1. The smallest absolute Gasteiger partial charge is 0.324 e. The van der Waals surface area contributed by atoms with Crippen LogP contribution in [-0.4, -0.2) is 32.7 Å².